The first-order valence-electron chi connectivity index (χ1n) is 6.79. The van der Waals surface area contributed by atoms with Crippen LogP contribution in [0, 0.1) is 0 Å². The second-order valence-electron chi connectivity index (χ2n) is 6.27. The number of carbonyl (C=O) groups is 1. The van der Waals surface area contributed by atoms with Gasteiger partial charge in [0.15, 0.2) is 0 Å². The minimum absolute atomic E-state index is 0.125. The van der Waals surface area contributed by atoms with Crippen LogP contribution in [0.2, 0.25) is 0 Å². The standard InChI is InChI=1S/C14H23N3OS/c1-14(2,3)13-16-8-11(19-13)7-15-10-5-6-12(18)17(4)9-10/h8,10,15H,5-7,9H2,1-4H3. The van der Waals surface area contributed by atoms with E-state index in [4.69, 9.17) is 0 Å². The number of carbonyl (C=O) groups excluding carboxylic acids is 1. The molecule has 0 saturated carbocycles. The maximum Gasteiger partial charge on any atom is 0.222 e. The fraction of sp³-hybridized carbons (Fsp3) is 0.714. The fourth-order valence-electron chi connectivity index (χ4n) is 2.16. The highest BCUT2D eigenvalue weighted by atomic mass is 32.1. The molecule has 0 aliphatic carbocycles. The van der Waals surface area contributed by atoms with Crippen molar-refractivity contribution in [2.45, 2.75) is 51.6 Å². The molecule has 4 nitrogen and oxygen atoms in total. The zero-order valence-electron chi connectivity index (χ0n) is 12.2. The van der Waals surface area contributed by atoms with Gasteiger partial charge in [0.25, 0.3) is 0 Å². The number of hydrogen-bond acceptors (Lipinski definition) is 4. The monoisotopic (exact) mass is 281 g/mol. The summed E-state index contributed by atoms with van der Waals surface area (Å²) in [5.74, 6) is 0.255. The number of amides is 1. The van der Waals surface area contributed by atoms with E-state index >= 15 is 0 Å². The third-order valence-electron chi connectivity index (χ3n) is 3.39. The van der Waals surface area contributed by atoms with Crippen LogP contribution in [0.5, 0.6) is 0 Å². The molecular weight excluding hydrogens is 258 g/mol. The summed E-state index contributed by atoms with van der Waals surface area (Å²) in [6.45, 7) is 8.21. The van der Waals surface area contributed by atoms with Gasteiger partial charge in [0.2, 0.25) is 5.91 Å². The molecule has 1 atom stereocenters. The van der Waals surface area contributed by atoms with Crippen LogP contribution in [0.15, 0.2) is 6.20 Å². The van der Waals surface area contributed by atoms with Crippen molar-refractivity contribution in [2.24, 2.45) is 0 Å². The van der Waals surface area contributed by atoms with E-state index in [1.165, 1.54) is 9.88 Å². The van der Waals surface area contributed by atoms with Crippen LogP contribution < -0.4 is 5.32 Å². The van der Waals surface area contributed by atoms with E-state index < -0.39 is 0 Å². The van der Waals surface area contributed by atoms with Gasteiger partial charge in [-0.05, 0) is 6.42 Å². The topological polar surface area (TPSA) is 45.2 Å². The zero-order valence-corrected chi connectivity index (χ0v) is 13.0. The van der Waals surface area contributed by atoms with Crippen molar-refractivity contribution >= 4 is 17.2 Å². The first-order valence-corrected chi connectivity index (χ1v) is 7.60. The van der Waals surface area contributed by atoms with Gasteiger partial charge in [-0.2, -0.15) is 0 Å². The number of aromatic nitrogens is 1. The van der Waals surface area contributed by atoms with Gasteiger partial charge in [0.1, 0.15) is 0 Å². The number of nitrogens with one attached hydrogen (secondary N) is 1. The van der Waals surface area contributed by atoms with Crippen molar-refractivity contribution < 1.29 is 4.79 Å². The largest absolute Gasteiger partial charge is 0.344 e. The van der Waals surface area contributed by atoms with Crippen molar-refractivity contribution in [3.63, 3.8) is 0 Å². The van der Waals surface area contributed by atoms with Crippen molar-refractivity contribution in [2.75, 3.05) is 13.6 Å². The van der Waals surface area contributed by atoms with Gasteiger partial charge in [0.05, 0.1) is 5.01 Å². The molecule has 1 unspecified atom stereocenters. The van der Waals surface area contributed by atoms with Crippen LogP contribution >= 0.6 is 11.3 Å². The molecular formula is C14H23N3OS. The van der Waals surface area contributed by atoms with Crippen LogP contribution in [0.1, 0.15) is 43.5 Å². The van der Waals surface area contributed by atoms with Crippen LogP contribution in [-0.2, 0) is 16.8 Å². The summed E-state index contributed by atoms with van der Waals surface area (Å²) in [6, 6.07) is 0.405. The number of hydrogen-bond donors (Lipinski definition) is 1. The highest BCUT2D eigenvalue weighted by Crippen LogP contribution is 2.26. The van der Waals surface area contributed by atoms with Crippen molar-refractivity contribution in [1.29, 1.82) is 0 Å². The number of likely N-dealkylation sites (N-methyl/N-ethyl adjacent to an activating group) is 1. The Hall–Kier alpha value is -0.940. The molecule has 1 aliphatic rings. The van der Waals surface area contributed by atoms with Gasteiger partial charge in [-0.15, -0.1) is 11.3 Å². The van der Waals surface area contributed by atoms with E-state index in [1.54, 1.807) is 11.3 Å². The summed E-state index contributed by atoms with van der Waals surface area (Å²) in [6.07, 6.45) is 3.56. The molecule has 0 spiro atoms. The Balaban J connectivity index is 1.86. The molecule has 1 saturated heterocycles. The molecule has 106 valence electrons. The average Bonchev–Trinajstić information content (AvgIpc) is 2.79. The molecule has 1 aromatic rings. The first kappa shape index (κ1) is 14.5. The second-order valence-corrected chi connectivity index (χ2v) is 7.39. The summed E-state index contributed by atoms with van der Waals surface area (Å²) < 4.78 is 0. The lowest BCUT2D eigenvalue weighted by Crippen LogP contribution is -2.46. The predicted molar refractivity (Wildman–Crippen MR) is 78.3 cm³/mol. The lowest BCUT2D eigenvalue weighted by atomic mass is 9.98. The fourth-order valence-corrected chi connectivity index (χ4v) is 3.08. The number of rotatable bonds is 3. The van der Waals surface area contributed by atoms with Gasteiger partial charge in [-0.1, -0.05) is 20.8 Å². The molecule has 5 heteroatoms. The van der Waals surface area contributed by atoms with Gasteiger partial charge in [-0.3, -0.25) is 4.79 Å². The van der Waals surface area contributed by atoms with E-state index in [-0.39, 0.29) is 11.3 Å². The lowest BCUT2D eigenvalue weighted by molar-refractivity contribution is -0.132. The Bertz CT molecular complexity index is 450. The molecule has 1 N–H and O–H groups in total. The van der Waals surface area contributed by atoms with Crippen LogP contribution in [0.4, 0.5) is 0 Å². The van der Waals surface area contributed by atoms with E-state index in [0.717, 1.165) is 19.5 Å². The molecule has 0 radical (unpaired) electrons. The number of likely N-dealkylation sites (tertiary alicyclic amines) is 1. The third kappa shape index (κ3) is 3.76. The quantitative estimate of drug-likeness (QED) is 0.923. The Morgan fingerprint density at radius 1 is 1.53 bits per heavy atom. The van der Waals surface area contributed by atoms with E-state index in [1.807, 2.05) is 18.1 Å². The van der Waals surface area contributed by atoms with Crippen molar-refractivity contribution in [3.8, 4) is 0 Å². The third-order valence-corrected chi connectivity index (χ3v) is 4.81. The maximum atomic E-state index is 11.4. The molecule has 1 aromatic heterocycles. The number of piperidine rings is 1. The lowest BCUT2D eigenvalue weighted by Gasteiger charge is -2.30. The van der Waals surface area contributed by atoms with Gasteiger partial charge in [-0.25, -0.2) is 4.98 Å². The SMILES string of the molecule is CN1CC(NCc2cnc(C(C)(C)C)s2)CCC1=O. The Morgan fingerprint density at radius 3 is 2.84 bits per heavy atom. The predicted octanol–water partition coefficient (Wildman–Crippen LogP) is 2.15. The van der Waals surface area contributed by atoms with Crippen molar-refractivity contribution in [1.82, 2.24) is 15.2 Å². The highest BCUT2D eigenvalue weighted by Gasteiger charge is 2.23. The van der Waals surface area contributed by atoms with Crippen molar-refractivity contribution in [3.05, 3.63) is 16.1 Å². The minimum atomic E-state index is 0.125. The minimum Gasteiger partial charge on any atom is -0.344 e. The summed E-state index contributed by atoms with van der Waals surface area (Å²) >= 11 is 1.78. The normalized spacial score (nSPS) is 20.9. The summed E-state index contributed by atoms with van der Waals surface area (Å²) in [4.78, 5) is 19.0. The summed E-state index contributed by atoms with van der Waals surface area (Å²) in [7, 11) is 1.88. The zero-order chi connectivity index (χ0) is 14.0. The number of nitrogens with zero attached hydrogens (tertiary/aromatic N) is 2. The molecule has 2 rings (SSSR count). The highest BCUT2D eigenvalue weighted by molar-refractivity contribution is 7.11. The molecule has 19 heavy (non-hydrogen) atoms. The summed E-state index contributed by atoms with van der Waals surface area (Å²) in [5, 5.41) is 4.71. The average molecular weight is 281 g/mol. The molecule has 0 aromatic carbocycles. The summed E-state index contributed by atoms with van der Waals surface area (Å²) in [5.41, 5.74) is 0.125. The molecule has 1 amide bonds. The Labute approximate surface area is 119 Å². The molecule has 1 fully saturated rings. The van der Waals surface area contributed by atoms with Gasteiger partial charge >= 0.3 is 0 Å². The van der Waals surface area contributed by atoms with Crippen LogP contribution in [0.3, 0.4) is 0 Å². The van der Waals surface area contributed by atoms with E-state index in [9.17, 15) is 4.79 Å². The van der Waals surface area contributed by atoms with Crippen LogP contribution in [-0.4, -0.2) is 35.4 Å². The maximum absolute atomic E-state index is 11.4. The van der Waals surface area contributed by atoms with E-state index in [0.29, 0.717) is 12.5 Å². The van der Waals surface area contributed by atoms with Gasteiger partial charge in [0, 0.05) is 49.1 Å². The van der Waals surface area contributed by atoms with Gasteiger partial charge < -0.3 is 10.2 Å². The van der Waals surface area contributed by atoms with E-state index in [2.05, 4.69) is 31.1 Å². The Morgan fingerprint density at radius 2 is 2.26 bits per heavy atom. The second kappa shape index (κ2) is 5.59. The van der Waals surface area contributed by atoms with Crippen LogP contribution in [0.25, 0.3) is 0 Å². The number of thiazole rings is 1. The molecule has 1 aliphatic heterocycles. The Kier molecular flexibility index (Phi) is 4.26. The first-order chi connectivity index (χ1) is 8.86. The molecule has 2 heterocycles. The molecule has 0 bridgehead atoms. The smallest absolute Gasteiger partial charge is 0.222 e.